The summed E-state index contributed by atoms with van der Waals surface area (Å²) in [6.45, 7) is 2.12. The minimum Gasteiger partial charge on any atom is -0.465 e. The van der Waals surface area contributed by atoms with Crippen LogP contribution in [0, 0.1) is 12.8 Å². The number of hydrogen-bond donors (Lipinski definition) is 1. The van der Waals surface area contributed by atoms with Gasteiger partial charge in [0.2, 0.25) is 0 Å². The lowest BCUT2D eigenvalue weighted by molar-refractivity contribution is 0.0601. The van der Waals surface area contributed by atoms with Crippen molar-refractivity contribution in [1.82, 2.24) is 0 Å². The molecular formula is C21H21NO2. The van der Waals surface area contributed by atoms with Crippen LogP contribution in [0.15, 0.2) is 54.6 Å². The Labute approximate surface area is 142 Å². The molecule has 0 saturated carbocycles. The summed E-state index contributed by atoms with van der Waals surface area (Å²) in [5.41, 5.74) is 5.26. The van der Waals surface area contributed by atoms with Crippen LogP contribution in [-0.4, -0.2) is 13.1 Å². The van der Waals surface area contributed by atoms with E-state index in [0.717, 1.165) is 12.1 Å². The molecule has 3 nitrogen and oxygen atoms in total. The predicted octanol–water partition coefficient (Wildman–Crippen LogP) is 4.61. The Balaban J connectivity index is 1.84. The van der Waals surface area contributed by atoms with E-state index in [1.54, 1.807) is 0 Å². The van der Waals surface area contributed by atoms with Crippen molar-refractivity contribution < 1.29 is 9.53 Å². The van der Waals surface area contributed by atoms with Crippen LogP contribution in [0.25, 0.3) is 0 Å². The van der Waals surface area contributed by atoms with E-state index in [9.17, 15) is 4.79 Å². The molecule has 2 aromatic carbocycles. The number of para-hydroxylation sites is 1. The summed E-state index contributed by atoms with van der Waals surface area (Å²) in [6, 6.07) is 14.7. The Kier molecular flexibility index (Phi) is 3.64. The van der Waals surface area contributed by atoms with Crippen molar-refractivity contribution >= 4 is 11.7 Å². The number of anilines is 1. The van der Waals surface area contributed by atoms with Gasteiger partial charge in [-0.3, -0.25) is 0 Å². The lowest BCUT2D eigenvalue weighted by Gasteiger charge is -2.38. The molecule has 1 aliphatic heterocycles. The van der Waals surface area contributed by atoms with E-state index in [4.69, 9.17) is 4.74 Å². The fraction of sp³-hybridized carbons (Fsp3) is 0.286. The first kappa shape index (κ1) is 15.0. The van der Waals surface area contributed by atoms with Gasteiger partial charge in [0.15, 0.2) is 0 Å². The number of hydrogen-bond acceptors (Lipinski definition) is 3. The third-order valence-electron chi connectivity index (χ3n) is 5.20. The Morgan fingerprint density at radius 1 is 1.21 bits per heavy atom. The maximum absolute atomic E-state index is 12.2. The van der Waals surface area contributed by atoms with Crippen LogP contribution in [0.2, 0.25) is 0 Å². The van der Waals surface area contributed by atoms with Crippen LogP contribution < -0.4 is 5.32 Å². The molecule has 0 radical (unpaired) electrons. The van der Waals surface area contributed by atoms with E-state index in [2.05, 4.69) is 54.7 Å². The van der Waals surface area contributed by atoms with Gasteiger partial charge in [-0.25, -0.2) is 4.79 Å². The topological polar surface area (TPSA) is 38.3 Å². The number of benzene rings is 2. The molecule has 1 heterocycles. The number of nitrogens with one attached hydrogen (secondary N) is 1. The van der Waals surface area contributed by atoms with Gasteiger partial charge in [-0.2, -0.15) is 0 Å². The Morgan fingerprint density at radius 3 is 2.83 bits per heavy atom. The average Bonchev–Trinajstić information content (AvgIpc) is 3.09. The van der Waals surface area contributed by atoms with E-state index in [1.165, 1.54) is 23.8 Å². The zero-order chi connectivity index (χ0) is 16.7. The number of esters is 1. The molecule has 2 aromatic rings. The van der Waals surface area contributed by atoms with Crippen molar-refractivity contribution in [2.45, 2.75) is 25.3 Å². The second kappa shape index (κ2) is 5.82. The molecule has 1 N–H and O–H groups in total. The Hall–Kier alpha value is -2.55. The molecule has 0 saturated heterocycles. The summed E-state index contributed by atoms with van der Waals surface area (Å²) in [6.07, 6.45) is 5.60. The van der Waals surface area contributed by atoms with Crippen molar-refractivity contribution in [2.75, 3.05) is 12.4 Å². The van der Waals surface area contributed by atoms with E-state index in [1.807, 2.05) is 12.1 Å². The molecule has 3 atom stereocenters. The van der Waals surface area contributed by atoms with E-state index < -0.39 is 0 Å². The van der Waals surface area contributed by atoms with Crippen molar-refractivity contribution in [3.63, 3.8) is 0 Å². The van der Waals surface area contributed by atoms with Gasteiger partial charge in [0.05, 0.1) is 24.4 Å². The van der Waals surface area contributed by atoms with E-state index >= 15 is 0 Å². The average molecular weight is 319 g/mol. The van der Waals surface area contributed by atoms with Gasteiger partial charge in [-0.05, 0) is 36.5 Å². The van der Waals surface area contributed by atoms with Crippen LogP contribution in [0.5, 0.6) is 0 Å². The maximum Gasteiger partial charge on any atom is 0.339 e. The lowest BCUT2D eigenvalue weighted by atomic mass is 9.76. The van der Waals surface area contributed by atoms with E-state index in [-0.39, 0.29) is 12.0 Å². The smallest absolute Gasteiger partial charge is 0.339 e. The van der Waals surface area contributed by atoms with Gasteiger partial charge in [-0.15, -0.1) is 0 Å². The monoisotopic (exact) mass is 319 g/mol. The molecule has 3 heteroatoms. The minimum atomic E-state index is -0.289. The number of aryl methyl sites for hydroxylation is 1. The van der Waals surface area contributed by atoms with Gasteiger partial charge >= 0.3 is 5.97 Å². The molecule has 0 aromatic heterocycles. The summed E-state index contributed by atoms with van der Waals surface area (Å²) >= 11 is 0. The summed E-state index contributed by atoms with van der Waals surface area (Å²) in [5.74, 6) is 0.534. The molecule has 0 bridgehead atoms. The van der Waals surface area contributed by atoms with Gasteiger partial charge in [-0.1, -0.05) is 54.1 Å². The van der Waals surface area contributed by atoms with Crippen molar-refractivity contribution in [2.24, 2.45) is 5.92 Å². The fourth-order valence-corrected chi connectivity index (χ4v) is 4.10. The fourth-order valence-electron chi connectivity index (χ4n) is 4.10. The number of ether oxygens (including phenoxy) is 1. The standard InChI is InChI=1S/C21H21NO2/c1-13-6-3-7-14(12-13)19-16-9-4-8-15(16)17-10-5-11-18(20(17)22-19)21(23)24-2/h3-8,10-12,15-16,19,22H,9H2,1-2H3. The van der Waals surface area contributed by atoms with Crippen LogP contribution in [0.3, 0.4) is 0 Å². The summed E-state index contributed by atoms with van der Waals surface area (Å²) in [7, 11) is 1.43. The molecule has 2 aliphatic rings. The quantitative estimate of drug-likeness (QED) is 0.649. The van der Waals surface area contributed by atoms with Crippen LogP contribution in [-0.2, 0) is 4.74 Å². The Bertz CT molecular complexity index is 824. The summed E-state index contributed by atoms with van der Waals surface area (Å²) in [4.78, 5) is 12.2. The van der Waals surface area contributed by atoms with Crippen LogP contribution in [0.1, 0.15) is 45.4 Å². The summed E-state index contributed by atoms with van der Waals surface area (Å²) < 4.78 is 4.98. The van der Waals surface area contributed by atoms with Gasteiger partial charge < -0.3 is 10.1 Å². The van der Waals surface area contributed by atoms with Gasteiger partial charge in [0.1, 0.15) is 0 Å². The minimum absolute atomic E-state index is 0.197. The third-order valence-corrected chi connectivity index (χ3v) is 5.20. The molecule has 24 heavy (non-hydrogen) atoms. The van der Waals surface area contributed by atoms with Crippen molar-refractivity contribution in [3.8, 4) is 0 Å². The highest BCUT2D eigenvalue weighted by molar-refractivity contribution is 5.97. The third kappa shape index (κ3) is 2.32. The molecule has 4 rings (SSSR count). The largest absolute Gasteiger partial charge is 0.465 e. The highest BCUT2D eigenvalue weighted by Crippen LogP contribution is 2.50. The zero-order valence-electron chi connectivity index (χ0n) is 14.0. The number of carbonyl (C=O) groups excluding carboxylic acids is 1. The lowest BCUT2D eigenvalue weighted by Crippen LogP contribution is -2.30. The number of carbonyl (C=O) groups is 1. The molecule has 1 aliphatic carbocycles. The number of rotatable bonds is 2. The first-order valence-electron chi connectivity index (χ1n) is 8.40. The zero-order valence-corrected chi connectivity index (χ0v) is 14.0. The molecular weight excluding hydrogens is 298 g/mol. The highest BCUT2D eigenvalue weighted by atomic mass is 16.5. The van der Waals surface area contributed by atoms with Crippen LogP contribution in [0.4, 0.5) is 5.69 Å². The first-order chi connectivity index (χ1) is 11.7. The molecule has 3 unspecified atom stereocenters. The summed E-state index contributed by atoms with van der Waals surface area (Å²) in [5, 5.41) is 3.65. The number of methoxy groups -OCH3 is 1. The molecule has 0 fully saturated rings. The van der Waals surface area contributed by atoms with Gasteiger partial charge in [0.25, 0.3) is 0 Å². The normalized spacial score (nSPS) is 24.0. The van der Waals surface area contributed by atoms with Crippen molar-refractivity contribution in [1.29, 1.82) is 0 Å². The second-order valence-corrected chi connectivity index (χ2v) is 6.65. The number of fused-ring (bicyclic) bond motifs is 3. The predicted molar refractivity (Wildman–Crippen MR) is 95.3 cm³/mol. The SMILES string of the molecule is COC(=O)c1cccc2c1NC(c1cccc(C)c1)C1CC=CC21. The highest BCUT2D eigenvalue weighted by Gasteiger charge is 2.39. The number of allylic oxidation sites excluding steroid dienone is 2. The van der Waals surface area contributed by atoms with Gasteiger partial charge in [0, 0.05) is 5.92 Å². The van der Waals surface area contributed by atoms with Crippen molar-refractivity contribution in [3.05, 3.63) is 76.9 Å². The van der Waals surface area contributed by atoms with E-state index in [0.29, 0.717) is 17.4 Å². The first-order valence-corrected chi connectivity index (χ1v) is 8.40. The van der Waals surface area contributed by atoms with Crippen LogP contribution >= 0.6 is 0 Å². The molecule has 122 valence electrons. The molecule has 0 spiro atoms. The molecule has 0 amide bonds. The second-order valence-electron chi connectivity index (χ2n) is 6.65. The Morgan fingerprint density at radius 2 is 2.04 bits per heavy atom. The maximum atomic E-state index is 12.2.